The number of carbonyl (C=O) groups is 1. The first kappa shape index (κ1) is 14.8. The van der Waals surface area contributed by atoms with Crippen LogP contribution in [0.25, 0.3) is 11.1 Å². The number of ether oxygens (including phenoxy) is 1. The zero-order valence-corrected chi connectivity index (χ0v) is 12.4. The van der Waals surface area contributed by atoms with E-state index in [4.69, 9.17) is 15.1 Å². The van der Waals surface area contributed by atoms with Gasteiger partial charge in [0.25, 0.3) is 0 Å². The molecule has 1 aliphatic carbocycles. The number of carbonyl (C=O) groups excluding carboxylic acids is 1. The molecule has 3 rings (SSSR count). The van der Waals surface area contributed by atoms with Gasteiger partial charge in [0, 0.05) is 5.92 Å². The molecule has 22 heavy (non-hydrogen) atoms. The molecule has 0 heterocycles. The van der Waals surface area contributed by atoms with E-state index in [-0.39, 0.29) is 12.5 Å². The topological polar surface area (TPSA) is 98.9 Å². The van der Waals surface area contributed by atoms with Gasteiger partial charge in [-0.1, -0.05) is 48.5 Å². The Labute approximate surface area is 127 Å². The van der Waals surface area contributed by atoms with E-state index >= 15 is 0 Å². The van der Waals surface area contributed by atoms with Gasteiger partial charge in [-0.25, -0.2) is 14.9 Å². The molecular formula is C15H14NO5P. The summed E-state index contributed by atoms with van der Waals surface area (Å²) in [4.78, 5) is 20.2. The van der Waals surface area contributed by atoms with E-state index < -0.39 is 13.9 Å². The molecule has 6 nitrogen and oxygen atoms in total. The Morgan fingerprint density at radius 3 is 2.09 bits per heavy atom. The summed E-state index contributed by atoms with van der Waals surface area (Å²) in [7, 11) is -4.39. The van der Waals surface area contributed by atoms with Gasteiger partial charge in [-0.05, 0) is 22.3 Å². The molecular weight excluding hydrogens is 305 g/mol. The van der Waals surface area contributed by atoms with Crippen molar-refractivity contribution >= 4 is 13.9 Å². The maximum Gasteiger partial charge on any atom is 0.515 e. The quantitative estimate of drug-likeness (QED) is 0.666. The highest BCUT2D eigenvalue weighted by Crippen LogP contribution is 2.44. The lowest BCUT2D eigenvalue weighted by Gasteiger charge is -2.14. The van der Waals surface area contributed by atoms with Crippen molar-refractivity contribution in [2.24, 2.45) is 5.50 Å². The van der Waals surface area contributed by atoms with Gasteiger partial charge in [0.15, 0.2) is 0 Å². The van der Waals surface area contributed by atoms with E-state index in [0.29, 0.717) is 0 Å². The second kappa shape index (κ2) is 5.57. The van der Waals surface area contributed by atoms with E-state index in [1.165, 1.54) is 0 Å². The molecule has 3 N–H and O–H groups in total. The number of rotatable bonds is 3. The first-order valence-electron chi connectivity index (χ1n) is 6.61. The summed E-state index contributed by atoms with van der Waals surface area (Å²) in [5.41, 5.74) is 9.02. The molecule has 0 spiro atoms. The highest BCUT2D eigenvalue weighted by atomic mass is 31.2. The van der Waals surface area contributed by atoms with Crippen LogP contribution in [0.1, 0.15) is 17.0 Å². The van der Waals surface area contributed by atoms with Crippen molar-refractivity contribution < 1.29 is 23.5 Å². The molecule has 0 aliphatic heterocycles. The fourth-order valence-corrected chi connectivity index (χ4v) is 2.99. The fraction of sp³-hybridized carbons (Fsp3) is 0.133. The molecule has 0 radical (unpaired) electrons. The van der Waals surface area contributed by atoms with Crippen LogP contribution in [0.3, 0.4) is 0 Å². The monoisotopic (exact) mass is 319 g/mol. The first-order chi connectivity index (χ1) is 10.5. The Hall–Kier alpha value is -2.14. The predicted octanol–water partition coefficient (Wildman–Crippen LogP) is 3.01. The molecule has 0 fully saturated rings. The second-order valence-corrected chi connectivity index (χ2v) is 6.25. The van der Waals surface area contributed by atoms with Crippen LogP contribution in [-0.2, 0) is 13.8 Å². The van der Waals surface area contributed by atoms with E-state index in [9.17, 15) is 9.36 Å². The average Bonchev–Trinajstić information content (AvgIpc) is 2.78. The highest BCUT2D eigenvalue weighted by Gasteiger charge is 2.30. The third-order valence-corrected chi connectivity index (χ3v) is 3.95. The van der Waals surface area contributed by atoms with Gasteiger partial charge in [-0.3, -0.25) is 0 Å². The van der Waals surface area contributed by atoms with E-state index in [1.807, 2.05) is 48.5 Å². The Balaban J connectivity index is 1.82. The van der Waals surface area contributed by atoms with E-state index in [0.717, 1.165) is 22.3 Å². The molecule has 2 aromatic rings. The van der Waals surface area contributed by atoms with Crippen LogP contribution < -0.4 is 5.50 Å². The van der Waals surface area contributed by atoms with Gasteiger partial charge in [-0.2, -0.15) is 0 Å². The van der Waals surface area contributed by atoms with Gasteiger partial charge in [0.05, 0.1) is 0 Å². The predicted molar refractivity (Wildman–Crippen MR) is 80.2 cm³/mol. The number of hydrogen-bond acceptors (Lipinski definition) is 4. The zero-order chi connectivity index (χ0) is 15.7. The molecule has 0 bridgehead atoms. The molecule has 0 amide bonds. The molecule has 114 valence electrons. The van der Waals surface area contributed by atoms with E-state index in [2.05, 4.69) is 4.52 Å². The minimum Gasteiger partial charge on any atom is -0.433 e. The second-order valence-electron chi connectivity index (χ2n) is 4.94. The third kappa shape index (κ3) is 2.90. The van der Waals surface area contributed by atoms with Gasteiger partial charge >= 0.3 is 13.9 Å². The summed E-state index contributed by atoms with van der Waals surface area (Å²) >= 11 is 0. The van der Waals surface area contributed by atoms with Crippen LogP contribution >= 0.6 is 7.75 Å². The van der Waals surface area contributed by atoms with Gasteiger partial charge in [0.2, 0.25) is 0 Å². The minimum atomic E-state index is -4.39. The SMILES string of the molecule is NP(=O)(O)OC(=O)OCC1c2ccccc2-c2ccccc21. The Morgan fingerprint density at radius 1 is 1.09 bits per heavy atom. The van der Waals surface area contributed by atoms with Gasteiger partial charge in [0.1, 0.15) is 6.61 Å². The van der Waals surface area contributed by atoms with Gasteiger partial charge in [-0.15, -0.1) is 0 Å². The number of benzene rings is 2. The molecule has 1 atom stereocenters. The summed E-state index contributed by atoms with van der Waals surface area (Å²) in [6.45, 7) is 0.00681. The maximum absolute atomic E-state index is 11.4. The molecule has 0 saturated carbocycles. The van der Waals surface area contributed by atoms with Crippen LogP contribution in [0.15, 0.2) is 48.5 Å². The molecule has 0 aromatic heterocycles. The zero-order valence-electron chi connectivity index (χ0n) is 11.5. The smallest absolute Gasteiger partial charge is 0.433 e. The van der Waals surface area contributed by atoms with Crippen LogP contribution in [0.2, 0.25) is 0 Å². The molecule has 7 heteroatoms. The number of nitrogens with two attached hydrogens (primary N) is 1. The summed E-state index contributed by atoms with van der Waals surface area (Å²) in [6.07, 6.45) is -1.25. The van der Waals surface area contributed by atoms with Crippen LogP contribution in [0.4, 0.5) is 4.79 Å². The van der Waals surface area contributed by atoms with Crippen molar-refractivity contribution in [2.75, 3.05) is 6.61 Å². The Kier molecular flexibility index (Phi) is 3.74. The normalized spacial score (nSPS) is 15.5. The van der Waals surface area contributed by atoms with Crippen molar-refractivity contribution in [3.8, 4) is 11.1 Å². The number of fused-ring (bicyclic) bond motifs is 3. The van der Waals surface area contributed by atoms with Gasteiger partial charge < -0.3 is 14.2 Å². The summed E-state index contributed by atoms with van der Waals surface area (Å²) in [6, 6.07) is 15.7. The largest absolute Gasteiger partial charge is 0.515 e. The summed E-state index contributed by atoms with van der Waals surface area (Å²) in [5, 5.41) is 0. The van der Waals surface area contributed by atoms with Crippen molar-refractivity contribution in [1.29, 1.82) is 0 Å². The van der Waals surface area contributed by atoms with Crippen molar-refractivity contribution in [3.63, 3.8) is 0 Å². The Morgan fingerprint density at radius 2 is 1.59 bits per heavy atom. The third-order valence-electron chi connectivity index (χ3n) is 3.54. The summed E-state index contributed by atoms with van der Waals surface area (Å²) < 4.78 is 19.9. The van der Waals surface area contributed by atoms with E-state index in [1.54, 1.807) is 0 Å². The lowest BCUT2D eigenvalue weighted by molar-refractivity contribution is 0.0925. The standard InChI is InChI=1S/C15H14NO5P/c16-22(18,19)21-15(17)20-9-14-12-7-3-1-5-10(12)11-6-2-4-8-13(11)14/h1-8,14H,9H2,(H3,16,18,19). The average molecular weight is 319 g/mol. The summed E-state index contributed by atoms with van der Waals surface area (Å²) in [5.74, 6) is -0.143. The highest BCUT2D eigenvalue weighted by molar-refractivity contribution is 7.50. The maximum atomic E-state index is 11.4. The molecule has 1 aliphatic rings. The van der Waals surface area contributed by atoms with Crippen molar-refractivity contribution in [3.05, 3.63) is 59.7 Å². The molecule has 1 unspecified atom stereocenters. The van der Waals surface area contributed by atoms with Crippen molar-refractivity contribution in [2.45, 2.75) is 5.92 Å². The lowest BCUT2D eigenvalue weighted by atomic mass is 9.98. The first-order valence-corrected chi connectivity index (χ1v) is 8.26. The van der Waals surface area contributed by atoms with Crippen LogP contribution in [-0.4, -0.2) is 17.7 Å². The fourth-order valence-electron chi connectivity index (χ4n) is 2.72. The molecule has 0 saturated heterocycles. The van der Waals surface area contributed by atoms with Crippen molar-refractivity contribution in [1.82, 2.24) is 0 Å². The minimum absolute atomic E-state index is 0.00681. The Bertz CT molecular complexity index is 725. The number of hydrogen-bond donors (Lipinski definition) is 2. The lowest BCUT2D eigenvalue weighted by Crippen LogP contribution is -2.14. The van der Waals surface area contributed by atoms with Crippen LogP contribution in [0.5, 0.6) is 0 Å². The molecule has 2 aromatic carbocycles. The van der Waals surface area contributed by atoms with Crippen LogP contribution in [0, 0.1) is 0 Å².